The fourth-order valence-corrected chi connectivity index (χ4v) is 3.99. The van der Waals surface area contributed by atoms with Gasteiger partial charge in [0.25, 0.3) is 0 Å². The van der Waals surface area contributed by atoms with Crippen LogP contribution in [0.1, 0.15) is 31.9 Å². The molecule has 0 bridgehead atoms. The molecule has 1 aliphatic heterocycles. The predicted octanol–water partition coefficient (Wildman–Crippen LogP) is 3.93. The van der Waals surface area contributed by atoms with Gasteiger partial charge in [-0.3, -0.25) is 4.99 Å². The third kappa shape index (κ3) is 8.38. The molecule has 0 aliphatic carbocycles. The standard InChI is InChI=1S/C21H31N5OS.HI/c1-2-22-20(23-12-8-16-27-19-9-4-3-5-10-19)24-13-11-18-17-28-21(25-18)26-14-6-7-15-26;/h3-5,9-10,17H,2,6-8,11-16H2,1H3,(H2,22,23,24);1H. The van der Waals surface area contributed by atoms with Gasteiger partial charge in [-0.1, -0.05) is 18.2 Å². The van der Waals surface area contributed by atoms with Crippen LogP contribution in [0, 0.1) is 0 Å². The number of hydrogen-bond donors (Lipinski definition) is 2. The summed E-state index contributed by atoms with van der Waals surface area (Å²) in [4.78, 5) is 11.8. The van der Waals surface area contributed by atoms with Gasteiger partial charge in [-0.25, -0.2) is 4.98 Å². The summed E-state index contributed by atoms with van der Waals surface area (Å²) in [6.07, 6.45) is 4.37. The SMILES string of the molecule is CCNC(=NCCCOc1ccccc1)NCCc1csc(N2CCCC2)n1.I. The number of aromatic nitrogens is 1. The Morgan fingerprint density at radius 1 is 1.21 bits per heavy atom. The molecule has 2 N–H and O–H groups in total. The highest BCUT2D eigenvalue weighted by atomic mass is 127. The molecule has 1 saturated heterocycles. The molecule has 0 amide bonds. The number of hydrogen-bond acceptors (Lipinski definition) is 5. The van der Waals surface area contributed by atoms with E-state index in [9.17, 15) is 0 Å². The summed E-state index contributed by atoms with van der Waals surface area (Å²) < 4.78 is 5.71. The Morgan fingerprint density at radius 2 is 2.00 bits per heavy atom. The van der Waals surface area contributed by atoms with Crippen molar-refractivity contribution >= 4 is 46.4 Å². The van der Waals surface area contributed by atoms with Crippen LogP contribution in [0.2, 0.25) is 0 Å². The first-order chi connectivity index (χ1) is 13.8. The lowest BCUT2D eigenvalue weighted by Gasteiger charge is -2.12. The highest BCUT2D eigenvalue weighted by molar-refractivity contribution is 14.0. The summed E-state index contributed by atoms with van der Waals surface area (Å²) in [5.74, 6) is 1.77. The fourth-order valence-electron chi connectivity index (χ4n) is 3.08. The number of thiazole rings is 1. The van der Waals surface area contributed by atoms with E-state index in [-0.39, 0.29) is 24.0 Å². The second-order valence-electron chi connectivity index (χ2n) is 6.77. The molecular formula is C21H32IN5OS. The van der Waals surface area contributed by atoms with Crippen molar-refractivity contribution in [2.24, 2.45) is 4.99 Å². The highest BCUT2D eigenvalue weighted by Gasteiger charge is 2.15. The minimum Gasteiger partial charge on any atom is -0.494 e. The summed E-state index contributed by atoms with van der Waals surface area (Å²) in [5.41, 5.74) is 1.16. The van der Waals surface area contributed by atoms with E-state index >= 15 is 0 Å². The van der Waals surface area contributed by atoms with Gasteiger partial charge in [-0.15, -0.1) is 35.3 Å². The monoisotopic (exact) mass is 529 g/mol. The number of nitrogens with zero attached hydrogens (tertiary/aromatic N) is 3. The maximum atomic E-state index is 5.71. The number of rotatable bonds is 10. The second-order valence-corrected chi connectivity index (χ2v) is 7.60. The number of guanidine groups is 1. The minimum absolute atomic E-state index is 0. The lowest BCUT2D eigenvalue weighted by atomic mass is 10.3. The van der Waals surface area contributed by atoms with Crippen molar-refractivity contribution in [2.75, 3.05) is 44.2 Å². The quantitative estimate of drug-likeness (QED) is 0.212. The maximum absolute atomic E-state index is 5.71. The van der Waals surface area contributed by atoms with Gasteiger partial charge in [-0.2, -0.15) is 0 Å². The molecule has 0 atom stereocenters. The van der Waals surface area contributed by atoms with Gasteiger partial charge in [-0.05, 0) is 31.9 Å². The Balaban J connectivity index is 0.00000300. The average Bonchev–Trinajstić information content (AvgIpc) is 3.40. The maximum Gasteiger partial charge on any atom is 0.191 e. The Kier molecular flexibility index (Phi) is 11.2. The van der Waals surface area contributed by atoms with Crippen molar-refractivity contribution in [3.8, 4) is 5.75 Å². The molecule has 6 nitrogen and oxygen atoms in total. The zero-order chi connectivity index (χ0) is 19.4. The molecule has 0 unspecified atom stereocenters. The molecule has 2 aromatic rings. The molecule has 0 saturated carbocycles. The Hall–Kier alpha value is -1.55. The van der Waals surface area contributed by atoms with Crippen LogP contribution in [0.4, 0.5) is 5.13 Å². The van der Waals surface area contributed by atoms with Crippen LogP contribution >= 0.6 is 35.3 Å². The van der Waals surface area contributed by atoms with Crippen molar-refractivity contribution in [1.82, 2.24) is 15.6 Å². The van der Waals surface area contributed by atoms with Crippen molar-refractivity contribution in [1.29, 1.82) is 0 Å². The molecule has 1 aromatic carbocycles. The van der Waals surface area contributed by atoms with E-state index in [0.29, 0.717) is 6.61 Å². The van der Waals surface area contributed by atoms with Crippen molar-refractivity contribution in [3.05, 3.63) is 41.4 Å². The third-order valence-corrected chi connectivity index (χ3v) is 5.47. The topological polar surface area (TPSA) is 61.8 Å². The van der Waals surface area contributed by atoms with Gasteiger partial charge in [0.2, 0.25) is 0 Å². The second kappa shape index (κ2) is 13.6. The molecule has 2 heterocycles. The zero-order valence-electron chi connectivity index (χ0n) is 17.1. The third-order valence-electron chi connectivity index (χ3n) is 4.52. The molecule has 0 spiro atoms. The van der Waals surface area contributed by atoms with Gasteiger partial charge in [0.05, 0.1) is 12.3 Å². The summed E-state index contributed by atoms with van der Waals surface area (Å²) in [7, 11) is 0. The first-order valence-electron chi connectivity index (χ1n) is 10.2. The van der Waals surface area contributed by atoms with Crippen molar-refractivity contribution in [2.45, 2.75) is 32.6 Å². The largest absolute Gasteiger partial charge is 0.494 e. The Bertz CT molecular complexity index is 719. The Morgan fingerprint density at radius 3 is 2.76 bits per heavy atom. The van der Waals surface area contributed by atoms with Crippen molar-refractivity contribution in [3.63, 3.8) is 0 Å². The van der Waals surface area contributed by atoms with Crippen LogP contribution in [0.3, 0.4) is 0 Å². The number of nitrogens with one attached hydrogen (secondary N) is 2. The average molecular weight is 529 g/mol. The summed E-state index contributed by atoms with van der Waals surface area (Å²) in [6.45, 7) is 7.46. The number of benzene rings is 1. The molecule has 29 heavy (non-hydrogen) atoms. The highest BCUT2D eigenvalue weighted by Crippen LogP contribution is 2.24. The van der Waals surface area contributed by atoms with E-state index in [1.807, 2.05) is 30.3 Å². The fraction of sp³-hybridized carbons (Fsp3) is 0.524. The van der Waals surface area contributed by atoms with Crippen LogP contribution in [-0.2, 0) is 6.42 Å². The number of anilines is 1. The van der Waals surface area contributed by atoms with E-state index in [1.165, 1.54) is 18.0 Å². The number of halogens is 1. The molecular weight excluding hydrogens is 497 g/mol. The van der Waals surface area contributed by atoms with E-state index in [1.54, 1.807) is 11.3 Å². The van der Waals surface area contributed by atoms with E-state index in [2.05, 4.69) is 32.8 Å². The van der Waals surface area contributed by atoms with Crippen LogP contribution in [0.25, 0.3) is 0 Å². The van der Waals surface area contributed by atoms with E-state index in [4.69, 9.17) is 9.72 Å². The number of para-hydroxylation sites is 1. The molecule has 8 heteroatoms. The van der Waals surface area contributed by atoms with E-state index < -0.39 is 0 Å². The molecule has 160 valence electrons. The molecule has 3 rings (SSSR count). The Labute approximate surface area is 195 Å². The summed E-state index contributed by atoms with van der Waals surface area (Å²) in [6, 6.07) is 9.91. The molecule has 1 aliphatic rings. The first-order valence-corrected chi connectivity index (χ1v) is 11.1. The van der Waals surface area contributed by atoms with E-state index in [0.717, 1.165) is 63.0 Å². The lowest BCUT2D eigenvalue weighted by Crippen LogP contribution is -2.38. The van der Waals surface area contributed by atoms with Gasteiger partial charge in [0.15, 0.2) is 11.1 Å². The molecule has 0 radical (unpaired) electrons. The number of ether oxygens (including phenoxy) is 1. The first kappa shape index (κ1) is 23.7. The van der Waals surface area contributed by atoms with Crippen LogP contribution in [0.15, 0.2) is 40.7 Å². The van der Waals surface area contributed by atoms with Gasteiger partial charge < -0.3 is 20.3 Å². The summed E-state index contributed by atoms with van der Waals surface area (Å²) >= 11 is 1.76. The summed E-state index contributed by atoms with van der Waals surface area (Å²) in [5, 5.41) is 10.1. The molecule has 1 aromatic heterocycles. The number of aliphatic imine (C=N–C) groups is 1. The smallest absolute Gasteiger partial charge is 0.191 e. The normalized spacial score (nSPS) is 13.8. The predicted molar refractivity (Wildman–Crippen MR) is 133 cm³/mol. The van der Waals surface area contributed by atoms with Crippen molar-refractivity contribution < 1.29 is 4.74 Å². The van der Waals surface area contributed by atoms with Crippen LogP contribution in [0.5, 0.6) is 5.75 Å². The van der Waals surface area contributed by atoms with Gasteiger partial charge >= 0.3 is 0 Å². The van der Waals surface area contributed by atoms with Gasteiger partial charge in [0.1, 0.15) is 5.75 Å². The minimum atomic E-state index is 0. The van der Waals surface area contributed by atoms with Crippen LogP contribution < -0.4 is 20.3 Å². The molecule has 1 fully saturated rings. The zero-order valence-corrected chi connectivity index (χ0v) is 20.2. The lowest BCUT2D eigenvalue weighted by molar-refractivity contribution is 0.313. The van der Waals surface area contributed by atoms with Crippen LogP contribution in [-0.4, -0.2) is 50.3 Å². The van der Waals surface area contributed by atoms with Gasteiger partial charge in [0, 0.05) is 50.9 Å².